The maximum atomic E-state index is 13.5. The Hall–Kier alpha value is -2.84. The largest absolute Gasteiger partial charge is 0.314 e. The molecular weight excluding hydrogens is 354 g/mol. The summed E-state index contributed by atoms with van der Waals surface area (Å²) in [5.74, 6) is 0.0868. The average Bonchev–Trinajstić information content (AvgIpc) is 2.92. The van der Waals surface area contributed by atoms with Crippen LogP contribution in [0.2, 0.25) is 5.02 Å². The zero-order chi connectivity index (χ0) is 18.9. The molecule has 3 heteroatoms. The molecular formula is C24H20ClNO. The normalized spacial score (nSPS) is 18.9. The molecule has 1 heterocycles. The van der Waals surface area contributed by atoms with Gasteiger partial charge in [-0.2, -0.15) is 0 Å². The minimum absolute atomic E-state index is 0.0868. The van der Waals surface area contributed by atoms with Gasteiger partial charge >= 0.3 is 0 Å². The highest BCUT2D eigenvalue weighted by Gasteiger charge is 2.49. The first-order valence-electron chi connectivity index (χ1n) is 8.98. The number of carbonyl (C=O) groups excluding carboxylic acids is 1. The molecule has 0 saturated carbocycles. The standard InChI is InChI=1S/C24H20ClNO/c1-26-22-12-6-5-11-21(22)24(23(26)27,19-13-15-20(25)16-14-19)17-7-10-18-8-3-2-4-9-18/h2-16H,17H2,1H3/b10-7+. The van der Waals surface area contributed by atoms with E-state index in [-0.39, 0.29) is 5.91 Å². The number of amides is 1. The van der Waals surface area contributed by atoms with Gasteiger partial charge in [-0.15, -0.1) is 0 Å². The summed E-state index contributed by atoms with van der Waals surface area (Å²) in [6.45, 7) is 0. The zero-order valence-corrected chi connectivity index (χ0v) is 15.9. The van der Waals surface area contributed by atoms with E-state index in [2.05, 4.69) is 30.4 Å². The second-order valence-corrected chi connectivity index (χ2v) is 7.25. The van der Waals surface area contributed by atoms with Crippen molar-refractivity contribution in [2.24, 2.45) is 0 Å². The van der Waals surface area contributed by atoms with Crippen LogP contribution in [0.1, 0.15) is 23.1 Å². The molecule has 1 unspecified atom stereocenters. The lowest BCUT2D eigenvalue weighted by atomic mass is 9.72. The zero-order valence-electron chi connectivity index (χ0n) is 15.1. The van der Waals surface area contributed by atoms with Crippen LogP contribution in [0.25, 0.3) is 6.08 Å². The molecule has 0 saturated heterocycles. The molecule has 2 nitrogen and oxygen atoms in total. The molecule has 0 radical (unpaired) electrons. The van der Waals surface area contributed by atoms with Crippen LogP contribution in [-0.4, -0.2) is 13.0 Å². The number of nitrogens with zero attached hydrogens (tertiary/aromatic N) is 1. The van der Waals surface area contributed by atoms with Gasteiger partial charge in [-0.05, 0) is 41.3 Å². The lowest BCUT2D eigenvalue weighted by Crippen LogP contribution is -2.39. The number of para-hydroxylation sites is 1. The van der Waals surface area contributed by atoms with E-state index in [9.17, 15) is 4.79 Å². The number of benzene rings is 3. The Balaban J connectivity index is 1.83. The van der Waals surface area contributed by atoms with Crippen molar-refractivity contribution < 1.29 is 4.79 Å². The summed E-state index contributed by atoms with van der Waals surface area (Å²) in [5.41, 5.74) is 3.35. The van der Waals surface area contributed by atoms with E-state index >= 15 is 0 Å². The van der Waals surface area contributed by atoms with E-state index in [1.54, 1.807) is 4.90 Å². The van der Waals surface area contributed by atoms with E-state index in [0.717, 1.165) is 22.4 Å². The minimum Gasteiger partial charge on any atom is -0.314 e. The molecule has 1 aliphatic heterocycles. The Morgan fingerprint density at radius 3 is 2.33 bits per heavy atom. The lowest BCUT2D eigenvalue weighted by molar-refractivity contribution is -0.121. The molecule has 27 heavy (non-hydrogen) atoms. The van der Waals surface area contributed by atoms with Gasteiger partial charge < -0.3 is 4.90 Å². The SMILES string of the molecule is CN1C(=O)C(C/C=C/c2ccccc2)(c2ccc(Cl)cc2)c2ccccc21. The summed E-state index contributed by atoms with van der Waals surface area (Å²) in [6, 6.07) is 25.8. The Bertz CT molecular complexity index is 994. The number of fused-ring (bicyclic) bond motifs is 1. The predicted molar refractivity (Wildman–Crippen MR) is 112 cm³/mol. The van der Waals surface area contributed by atoms with Crippen LogP contribution in [0.15, 0.2) is 84.9 Å². The maximum absolute atomic E-state index is 13.5. The van der Waals surface area contributed by atoms with Gasteiger partial charge in [-0.1, -0.05) is 84.4 Å². The first-order valence-corrected chi connectivity index (χ1v) is 9.36. The lowest BCUT2D eigenvalue weighted by Gasteiger charge is -2.28. The maximum Gasteiger partial charge on any atom is 0.242 e. The van der Waals surface area contributed by atoms with Crippen molar-refractivity contribution in [2.75, 3.05) is 11.9 Å². The third kappa shape index (κ3) is 2.96. The van der Waals surface area contributed by atoms with Crippen LogP contribution in [0, 0.1) is 0 Å². The third-order valence-corrected chi connectivity index (χ3v) is 5.52. The van der Waals surface area contributed by atoms with Crippen LogP contribution < -0.4 is 4.90 Å². The molecule has 134 valence electrons. The Labute approximate surface area is 164 Å². The van der Waals surface area contributed by atoms with Crippen molar-refractivity contribution in [2.45, 2.75) is 11.8 Å². The Kier molecular flexibility index (Phi) is 4.59. The van der Waals surface area contributed by atoms with Crippen LogP contribution in [0.5, 0.6) is 0 Å². The highest BCUT2D eigenvalue weighted by atomic mass is 35.5. The van der Waals surface area contributed by atoms with E-state index in [1.807, 2.05) is 67.7 Å². The Morgan fingerprint density at radius 1 is 0.926 bits per heavy atom. The van der Waals surface area contributed by atoms with E-state index in [0.29, 0.717) is 11.4 Å². The summed E-state index contributed by atoms with van der Waals surface area (Å²) >= 11 is 6.10. The fourth-order valence-electron chi connectivity index (χ4n) is 3.90. The second kappa shape index (κ2) is 7.05. The van der Waals surface area contributed by atoms with E-state index < -0.39 is 5.41 Å². The molecule has 3 aromatic rings. The first-order chi connectivity index (χ1) is 13.1. The predicted octanol–water partition coefficient (Wildman–Crippen LogP) is 5.71. The van der Waals surface area contributed by atoms with Crippen LogP contribution in [-0.2, 0) is 10.2 Å². The third-order valence-electron chi connectivity index (χ3n) is 5.27. The topological polar surface area (TPSA) is 20.3 Å². The fraction of sp³-hybridized carbons (Fsp3) is 0.125. The number of likely N-dealkylation sites (N-methyl/N-ethyl adjacent to an activating group) is 1. The summed E-state index contributed by atoms with van der Waals surface area (Å²) in [5, 5.41) is 0.667. The van der Waals surface area contributed by atoms with E-state index in [4.69, 9.17) is 11.6 Å². The molecule has 0 spiro atoms. The van der Waals surface area contributed by atoms with Crippen molar-refractivity contribution in [1.29, 1.82) is 0 Å². The number of hydrogen-bond donors (Lipinski definition) is 0. The molecule has 0 N–H and O–H groups in total. The number of hydrogen-bond acceptors (Lipinski definition) is 1. The molecule has 1 aliphatic rings. The van der Waals surface area contributed by atoms with Crippen molar-refractivity contribution in [3.8, 4) is 0 Å². The minimum atomic E-state index is -0.735. The smallest absolute Gasteiger partial charge is 0.242 e. The van der Waals surface area contributed by atoms with Crippen LogP contribution in [0.4, 0.5) is 5.69 Å². The van der Waals surface area contributed by atoms with Crippen LogP contribution in [0.3, 0.4) is 0 Å². The van der Waals surface area contributed by atoms with Gasteiger partial charge in [-0.3, -0.25) is 4.79 Å². The van der Waals surface area contributed by atoms with Gasteiger partial charge in [0.05, 0.1) is 0 Å². The van der Waals surface area contributed by atoms with Crippen molar-refractivity contribution >= 4 is 29.3 Å². The van der Waals surface area contributed by atoms with Crippen molar-refractivity contribution in [3.63, 3.8) is 0 Å². The molecule has 1 amide bonds. The van der Waals surface area contributed by atoms with Gasteiger partial charge in [-0.25, -0.2) is 0 Å². The van der Waals surface area contributed by atoms with Crippen molar-refractivity contribution in [3.05, 3.63) is 107 Å². The first kappa shape index (κ1) is 17.6. The molecule has 0 bridgehead atoms. The fourth-order valence-corrected chi connectivity index (χ4v) is 4.03. The number of allylic oxidation sites excluding steroid dienone is 1. The number of anilines is 1. The highest BCUT2D eigenvalue weighted by molar-refractivity contribution is 6.30. The van der Waals surface area contributed by atoms with Gasteiger partial charge in [0.2, 0.25) is 5.91 Å². The number of halogens is 1. The molecule has 3 aromatic carbocycles. The molecule has 4 rings (SSSR count). The average molecular weight is 374 g/mol. The molecule has 0 aliphatic carbocycles. The highest BCUT2D eigenvalue weighted by Crippen LogP contribution is 2.48. The second-order valence-electron chi connectivity index (χ2n) is 6.81. The number of carbonyl (C=O) groups is 1. The van der Waals surface area contributed by atoms with Gasteiger partial charge in [0.25, 0.3) is 0 Å². The Morgan fingerprint density at radius 2 is 1.59 bits per heavy atom. The van der Waals surface area contributed by atoms with Crippen molar-refractivity contribution in [1.82, 2.24) is 0 Å². The van der Waals surface area contributed by atoms with E-state index in [1.165, 1.54) is 0 Å². The van der Waals surface area contributed by atoms with Gasteiger partial charge in [0.1, 0.15) is 5.41 Å². The van der Waals surface area contributed by atoms with Crippen LogP contribution >= 0.6 is 11.6 Å². The van der Waals surface area contributed by atoms with Gasteiger partial charge in [0, 0.05) is 17.8 Å². The monoisotopic (exact) mass is 373 g/mol. The summed E-state index contributed by atoms with van der Waals surface area (Å²) in [7, 11) is 1.85. The molecule has 1 atom stereocenters. The quantitative estimate of drug-likeness (QED) is 0.574. The molecule has 0 fully saturated rings. The molecule has 0 aromatic heterocycles. The summed E-state index contributed by atoms with van der Waals surface area (Å²) in [4.78, 5) is 15.2. The van der Waals surface area contributed by atoms with Gasteiger partial charge in [0.15, 0.2) is 0 Å². The summed E-state index contributed by atoms with van der Waals surface area (Å²) in [6.07, 6.45) is 4.76. The number of rotatable bonds is 4. The summed E-state index contributed by atoms with van der Waals surface area (Å²) < 4.78 is 0.